The summed E-state index contributed by atoms with van der Waals surface area (Å²) < 4.78 is 17.8. The molecule has 0 spiro atoms. The van der Waals surface area contributed by atoms with Crippen molar-refractivity contribution in [3.05, 3.63) is 84.2 Å². The predicted molar refractivity (Wildman–Crippen MR) is 140 cm³/mol. The Morgan fingerprint density at radius 1 is 0.946 bits per heavy atom. The van der Waals surface area contributed by atoms with E-state index in [4.69, 9.17) is 14.2 Å². The number of benzene rings is 3. The summed E-state index contributed by atoms with van der Waals surface area (Å²) in [6, 6.07) is 21.6. The molecule has 0 fully saturated rings. The third kappa shape index (κ3) is 7.54. The quantitative estimate of drug-likeness (QED) is 0.206. The van der Waals surface area contributed by atoms with Gasteiger partial charge in [0, 0.05) is 11.6 Å². The zero-order chi connectivity index (χ0) is 25.9. The maximum Gasteiger partial charge on any atom is 0.255 e. The lowest BCUT2D eigenvalue weighted by Crippen LogP contribution is -2.12. The van der Waals surface area contributed by atoms with Crippen LogP contribution in [0.15, 0.2) is 72.8 Å². The first-order valence-electron chi connectivity index (χ1n) is 12.4. The molecule has 2 N–H and O–H groups in total. The topological polar surface area (TPSA) is 111 Å². The number of rotatable bonds is 13. The highest BCUT2D eigenvalue weighted by atomic mass is 16.5. The minimum atomic E-state index is -0.390. The van der Waals surface area contributed by atoms with Crippen LogP contribution in [0.1, 0.15) is 61.8 Å². The second-order valence-electron chi connectivity index (χ2n) is 8.49. The van der Waals surface area contributed by atoms with E-state index >= 15 is 0 Å². The molecule has 1 heterocycles. The molecule has 0 aliphatic carbocycles. The first-order chi connectivity index (χ1) is 18.1. The Hall–Kier alpha value is -4.40. The van der Waals surface area contributed by atoms with Crippen LogP contribution in [-0.2, 0) is 0 Å². The summed E-state index contributed by atoms with van der Waals surface area (Å²) in [7, 11) is 0. The van der Waals surface area contributed by atoms with Gasteiger partial charge in [0.15, 0.2) is 11.9 Å². The largest absolute Gasteiger partial charge is 0.494 e. The van der Waals surface area contributed by atoms with Crippen molar-refractivity contribution >= 4 is 11.6 Å². The van der Waals surface area contributed by atoms with Gasteiger partial charge in [0.2, 0.25) is 5.82 Å². The van der Waals surface area contributed by atoms with Gasteiger partial charge in [-0.2, -0.15) is 5.21 Å². The molecule has 3 aromatic carbocycles. The number of anilines is 1. The monoisotopic (exact) mass is 501 g/mol. The van der Waals surface area contributed by atoms with E-state index in [9.17, 15) is 4.79 Å². The Labute approximate surface area is 216 Å². The molecule has 192 valence electrons. The van der Waals surface area contributed by atoms with Crippen LogP contribution >= 0.6 is 0 Å². The second-order valence-corrected chi connectivity index (χ2v) is 8.49. The molecule has 0 radical (unpaired) electrons. The molecule has 4 aromatic rings. The van der Waals surface area contributed by atoms with Gasteiger partial charge >= 0.3 is 0 Å². The Morgan fingerprint density at radius 2 is 1.76 bits per heavy atom. The smallest absolute Gasteiger partial charge is 0.255 e. The van der Waals surface area contributed by atoms with Gasteiger partial charge in [-0.15, -0.1) is 10.2 Å². The summed E-state index contributed by atoms with van der Waals surface area (Å²) in [4.78, 5) is 12.9. The molecule has 0 aliphatic heterocycles. The zero-order valence-electron chi connectivity index (χ0n) is 21.0. The van der Waals surface area contributed by atoms with Crippen molar-refractivity contribution in [1.82, 2.24) is 20.6 Å². The van der Waals surface area contributed by atoms with E-state index in [1.807, 2.05) is 49.4 Å². The summed E-state index contributed by atoms with van der Waals surface area (Å²) in [5.41, 5.74) is 1.08. The van der Waals surface area contributed by atoms with Gasteiger partial charge in [0.25, 0.3) is 5.91 Å². The molecule has 1 atom stereocenters. The molecule has 9 heteroatoms. The van der Waals surface area contributed by atoms with E-state index in [0.717, 1.165) is 18.6 Å². The second kappa shape index (κ2) is 13.1. The number of carbonyl (C=O) groups is 1. The minimum absolute atomic E-state index is 0.239. The number of tetrazole rings is 1. The summed E-state index contributed by atoms with van der Waals surface area (Å²) in [6.45, 7) is 4.69. The minimum Gasteiger partial charge on any atom is -0.494 e. The van der Waals surface area contributed by atoms with Crippen molar-refractivity contribution in [3.8, 4) is 23.0 Å². The maximum atomic E-state index is 12.9. The van der Waals surface area contributed by atoms with Crippen LogP contribution in [0.5, 0.6) is 23.0 Å². The van der Waals surface area contributed by atoms with Gasteiger partial charge in [-0.25, -0.2) is 0 Å². The summed E-state index contributed by atoms with van der Waals surface area (Å²) in [6.07, 6.45) is 4.21. The molecule has 0 saturated carbocycles. The Kier molecular flexibility index (Phi) is 9.07. The van der Waals surface area contributed by atoms with Crippen LogP contribution in [0, 0.1) is 0 Å². The Balaban J connectivity index is 1.37. The van der Waals surface area contributed by atoms with Crippen molar-refractivity contribution in [2.45, 2.75) is 45.6 Å². The van der Waals surface area contributed by atoms with Crippen molar-refractivity contribution in [2.75, 3.05) is 11.9 Å². The lowest BCUT2D eigenvalue weighted by molar-refractivity contribution is 0.102. The van der Waals surface area contributed by atoms with Crippen LogP contribution in [0.3, 0.4) is 0 Å². The van der Waals surface area contributed by atoms with Gasteiger partial charge in [-0.3, -0.25) is 4.79 Å². The lowest BCUT2D eigenvalue weighted by Gasteiger charge is -2.15. The Morgan fingerprint density at radius 3 is 2.54 bits per heavy atom. The van der Waals surface area contributed by atoms with Crippen LogP contribution in [-0.4, -0.2) is 33.1 Å². The average Bonchev–Trinajstić information content (AvgIpc) is 3.46. The van der Waals surface area contributed by atoms with Gasteiger partial charge in [0.05, 0.1) is 12.3 Å². The van der Waals surface area contributed by atoms with Crippen molar-refractivity contribution in [2.24, 2.45) is 0 Å². The van der Waals surface area contributed by atoms with Crippen LogP contribution in [0.2, 0.25) is 0 Å². The molecular formula is C28H31N5O4. The first-order valence-corrected chi connectivity index (χ1v) is 12.4. The summed E-state index contributed by atoms with van der Waals surface area (Å²) in [5, 5.41) is 16.8. The van der Waals surface area contributed by atoms with Crippen LogP contribution in [0.4, 0.5) is 5.69 Å². The van der Waals surface area contributed by atoms with E-state index in [-0.39, 0.29) is 5.91 Å². The average molecular weight is 502 g/mol. The highest BCUT2D eigenvalue weighted by molar-refractivity contribution is 6.05. The van der Waals surface area contributed by atoms with Crippen molar-refractivity contribution in [1.29, 1.82) is 0 Å². The summed E-state index contributed by atoms with van der Waals surface area (Å²) >= 11 is 0. The molecule has 0 bridgehead atoms. The molecule has 1 aromatic heterocycles. The third-order valence-electron chi connectivity index (χ3n) is 5.59. The number of carbonyl (C=O) groups excluding carboxylic acids is 1. The normalized spacial score (nSPS) is 11.5. The summed E-state index contributed by atoms with van der Waals surface area (Å²) in [5.74, 6) is 2.62. The molecule has 0 aliphatic rings. The molecule has 1 amide bonds. The molecule has 4 rings (SSSR count). The number of ether oxygens (including phenoxy) is 3. The maximum absolute atomic E-state index is 12.9. The van der Waals surface area contributed by atoms with E-state index in [1.165, 1.54) is 12.8 Å². The van der Waals surface area contributed by atoms with Gasteiger partial charge in [0.1, 0.15) is 17.2 Å². The number of hydrogen-bond donors (Lipinski definition) is 2. The van der Waals surface area contributed by atoms with Crippen LogP contribution < -0.4 is 19.5 Å². The lowest BCUT2D eigenvalue weighted by atomic mass is 10.2. The van der Waals surface area contributed by atoms with E-state index < -0.39 is 6.10 Å². The van der Waals surface area contributed by atoms with Gasteiger partial charge < -0.3 is 19.5 Å². The number of H-pyrrole nitrogens is 1. The van der Waals surface area contributed by atoms with Gasteiger partial charge in [-0.05, 0) is 61.9 Å². The number of aromatic nitrogens is 4. The van der Waals surface area contributed by atoms with E-state index in [2.05, 4.69) is 32.9 Å². The molecule has 1 unspecified atom stereocenters. The highest BCUT2D eigenvalue weighted by Crippen LogP contribution is 2.32. The number of nitrogens with one attached hydrogen (secondary N) is 2. The number of unbranched alkanes of at least 4 members (excludes halogenated alkanes) is 3. The number of para-hydroxylation sites is 2. The zero-order valence-corrected chi connectivity index (χ0v) is 21.0. The van der Waals surface area contributed by atoms with E-state index in [0.29, 0.717) is 40.9 Å². The fourth-order valence-electron chi connectivity index (χ4n) is 3.61. The standard InChI is InChI=1S/C28H31N5O4/c1-3-4-5-8-18-35-22-16-14-21(15-17-22)28(34)29-25-12-6-7-13-26(25)37-24-11-9-10-23(19-24)36-20(2)27-30-32-33-31-27/h6-7,9-17,19-20H,3-5,8,18H2,1-2H3,(H,29,34)(H,30,31,32,33). The highest BCUT2D eigenvalue weighted by Gasteiger charge is 2.14. The molecule has 0 saturated heterocycles. The molecule has 9 nitrogen and oxygen atoms in total. The number of nitrogens with zero attached hydrogens (tertiary/aromatic N) is 3. The van der Waals surface area contributed by atoms with E-state index in [1.54, 1.807) is 30.3 Å². The fraction of sp³-hybridized carbons (Fsp3) is 0.286. The number of aromatic amines is 1. The number of hydrogen-bond acceptors (Lipinski definition) is 7. The number of amides is 1. The molecular weight excluding hydrogens is 470 g/mol. The first kappa shape index (κ1) is 25.7. The van der Waals surface area contributed by atoms with Crippen molar-refractivity contribution in [3.63, 3.8) is 0 Å². The fourth-order valence-corrected chi connectivity index (χ4v) is 3.61. The molecule has 37 heavy (non-hydrogen) atoms. The Bertz CT molecular complexity index is 1260. The third-order valence-corrected chi connectivity index (χ3v) is 5.59. The van der Waals surface area contributed by atoms with Crippen LogP contribution in [0.25, 0.3) is 0 Å². The van der Waals surface area contributed by atoms with Crippen molar-refractivity contribution < 1.29 is 19.0 Å². The van der Waals surface area contributed by atoms with Gasteiger partial charge in [-0.1, -0.05) is 49.6 Å². The SMILES string of the molecule is CCCCCCOc1ccc(C(=O)Nc2ccccc2Oc2cccc(OC(C)c3nn[nH]n3)c2)cc1. The predicted octanol–water partition coefficient (Wildman–Crippen LogP) is 6.34.